The van der Waals surface area contributed by atoms with Crippen LogP contribution in [-0.2, 0) is 16.1 Å². The van der Waals surface area contributed by atoms with Crippen molar-refractivity contribution in [3.8, 4) is 0 Å². The monoisotopic (exact) mass is 357 g/mol. The molecule has 0 N–H and O–H groups in total. The molecule has 0 bridgehead atoms. The molecule has 7 heteroatoms. The highest BCUT2D eigenvalue weighted by atomic mass is 16.5. The number of amides is 1. The van der Waals surface area contributed by atoms with Gasteiger partial charge in [-0.25, -0.2) is 9.50 Å². The lowest BCUT2D eigenvalue weighted by atomic mass is 10.0. The molecule has 1 amide bonds. The molecule has 1 atom stereocenters. The fraction of sp³-hybridized carbons (Fsp3) is 0.632. The highest BCUT2D eigenvalue weighted by Gasteiger charge is 2.29. The Balaban J connectivity index is 1.61. The van der Waals surface area contributed by atoms with Gasteiger partial charge in [-0.15, -0.1) is 0 Å². The first-order chi connectivity index (χ1) is 12.7. The smallest absolute Gasteiger partial charge is 0.222 e. The van der Waals surface area contributed by atoms with Gasteiger partial charge in [-0.05, 0) is 19.4 Å². The Morgan fingerprint density at radius 1 is 1.31 bits per heavy atom. The van der Waals surface area contributed by atoms with E-state index in [9.17, 15) is 4.79 Å². The van der Waals surface area contributed by atoms with E-state index in [4.69, 9.17) is 9.84 Å². The minimum Gasteiger partial charge on any atom is -0.379 e. The lowest BCUT2D eigenvalue weighted by molar-refractivity contribution is -0.129. The first kappa shape index (κ1) is 17.4. The summed E-state index contributed by atoms with van der Waals surface area (Å²) in [6.45, 7) is 9.96. The number of aryl methyl sites for hydroxylation is 1. The quantitative estimate of drug-likeness (QED) is 0.832. The fourth-order valence-electron chi connectivity index (χ4n) is 4.04. The summed E-state index contributed by atoms with van der Waals surface area (Å²) in [7, 11) is 0. The maximum absolute atomic E-state index is 12.0. The van der Waals surface area contributed by atoms with Crippen molar-refractivity contribution in [1.29, 1.82) is 0 Å². The number of ether oxygens (including phenoxy) is 1. The fourth-order valence-corrected chi connectivity index (χ4v) is 4.04. The molecule has 2 fully saturated rings. The molecule has 0 aromatic carbocycles. The molecule has 0 saturated carbocycles. The number of morpholine rings is 1. The average Bonchev–Trinajstić information content (AvgIpc) is 3.27. The molecule has 4 rings (SSSR count). The Morgan fingerprint density at radius 3 is 2.88 bits per heavy atom. The van der Waals surface area contributed by atoms with Gasteiger partial charge in [-0.3, -0.25) is 9.69 Å². The van der Waals surface area contributed by atoms with E-state index >= 15 is 0 Å². The molecule has 140 valence electrons. The first-order valence-electron chi connectivity index (χ1n) is 9.58. The zero-order chi connectivity index (χ0) is 18.1. The summed E-state index contributed by atoms with van der Waals surface area (Å²) in [5.41, 5.74) is 4.36. The summed E-state index contributed by atoms with van der Waals surface area (Å²) < 4.78 is 7.46. The Kier molecular flexibility index (Phi) is 4.91. The minimum absolute atomic E-state index is 0.238. The largest absolute Gasteiger partial charge is 0.379 e. The van der Waals surface area contributed by atoms with Crippen molar-refractivity contribution in [1.82, 2.24) is 24.4 Å². The third-order valence-electron chi connectivity index (χ3n) is 5.59. The van der Waals surface area contributed by atoms with Gasteiger partial charge in [0.1, 0.15) is 0 Å². The van der Waals surface area contributed by atoms with Crippen LogP contribution in [0.15, 0.2) is 12.3 Å². The maximum atomic E-state index is 12.0. The number of carbonyl (C=O) groups is 1. The van der Waals surface area contributed by atoms with Gasteiger partial charge in [0, 0.05) is 56.8 Å². The molecule has 4 heterocycles. The van der Waals surface area contributed by atoms with E-state index in [0.29, 0.717) is 12.3 Å². The summed E-state index contributed by atoms with van der Waals surface area (Å²) in [5, 5.41) is 4.81. The average molecular weight is 357 g/mol. The number of hydrogen-bond acceptors (Lipinski definition) is 5. The number of carbonyl (C=O) groups excluding carboxylic acids is 1. The molecular weight excluding hydrogens is 330 g/mol. The van der Waals surface area contributed by atoms with Crippen LogP contribution in [0.3, 0.4) is 0 Å². The third-order valence-corrected chi connectivity index (χ3v) is 5.59. The lowest BCUT2D eigenvalue weighted by Crippen LogP contribution is -2.35. The lowest BCUT2D eigenvalue weighted by Gasteiger charge is -2.26. The van der Waals surface area contributed by atoms with E-state index in [1.165, 1.54) is 5.56 Å². The molecular formula is C19H27N5O2. The summed E-state index contributed by atoms with van der Waals surface area (Å²) in [5.74, 6) is 0.564. The second-order valence-corrected chi connectivity index (χ2v) is 7.24. The van der Waals surface area contributed by atoms with Crippen molar-refractivity contribution in [2.75, 3.05) is 39.4 Å². The van der Waals surface area contributed by atoms with Crippen molar-refractivity contribution in [3.63, 3.8) is 0 Å². The van der Waals surface area contributed by atoms with E-state index in [1.807, 2.05) is 22.5 Å². The molecule has 0 unspecified atom stereocenters. The van der Waals surface area contributed by atoms with Crippen LogP contribution < -0.4 is 0 Å². The molecule has 2 aliphatic heterocycles. The highest BCUT2D eigenvalue weighted by molar-refractivity contribution is 5.76. The van der Waals surface area contributed by atoms with Gasteiger partial charge >= 0.3 is 0 Å². The Hall–Kier alpha value is -1.99. The van der Waals surface area contributed by atoms with Gasteiger partial charge in [-0.2, -0.15) is 5.10 Å². The minimum atomic E-state index is 0.238. The summed E-state index contributed by atoms with van der Waals surface area (Å²) >= 11 is 0. The zero-order valence-electron chi connectivity index (χ0n) is 15.6. The Labute approximate surface area is 153 Å². The van der Waals surface area contributed by atoms with Crippen LogP contribution in [0.1, 0.15) is 42.6 Å². The molecule has 2 aromatic rings. The van der Waals surface area contributed by atoms with Crippen LogP contribution in [0.4, 0.5) is 0 Å². The number of fused-ring (bicyclic) bond motifs is 1. The SMILES string of the molecule is CCC(=O)N1CC[C@@H](c2ccnc3c(CN4CCOCC4)c(C)nn23)C1. The number of rotatable bonds is 4. The summed E-state index contributed by atoms with van der Waals surface area (Å²) in [4.78, 5) is 21.0. The van der Waals surface area contributed by atoms with Gasteiger partial charge < -0.3 is 9.64 Å². The normalized spacial score (nSPS) is 21.6. The molecule has 0 spiro atoms. The van der Waals surface area contributed by atoms with Crippen LogP contribution in [0.2, 0.25) is 0 Å². The predicted octanol–water partition coefficient (Wildman–Crippen LogP) is 1.60. The van der Waals surface area contributed by atoms with E-state index in [1.54, 1.807) is 0 Å². The van der Waals surface area contributed by atoms with E-state index in [2.05, 4.69) is 22.9 Å². The maximum Gasteiger partial charge on any atom is 0.222 e. The van der Waals surface area contributed by atoms with Gasteiger partial charge in [0.25, 0.3) is 0 Å². The molecule has 7 nitrogen and oxygen atoms in total. The summed E-state index contributed by atoms with van der Waals surface area (Å²) in [6, 6.07) is 2.06. The predicted molar refractivity (Wildman–Crippen MR) is 98.0 cm³/mol. The number of likely N-dealkylation sites (tertiary alicyclic amines) is 1. The van der Waals surface area contributed by atoms with Crippen molar-refractivity contribution in [2.24, 2.45) is 0 Å². The Morgan fingerprint density at radius 2 is 2.12 bits per heavy atom. The van der Waals surface area contributed by atoms with E-state index in [0.717, 1.165) is 69.4 Å². The molecule has 26 heavy (non-hydrogen) atoms. The van der Waals surface area contributed by atoms with Gasteiger partial charge in [0.15, 0.2) is 5.65 Å². The third kappa shape index (κ3) is 3.21. The van der Waals surface area contributed by atoms with Crippen LogP contribution in [0, 0.1) is 6.92 Å². The highest BCUT2D eigenvalue weighted by Crippen LogP contribution is 2.29. The number of hydrogen-bond donors (Lipinski definition) is 0. The molecule has 2 saturated heterocycles. The molecule has 2 aliphatic rings. The van der Waals surface area contributed by atoms with Gasteiger partial charge in [-0.1, -0.05) is 6.92 Å². The summed E-state index contributed by atoms with van der Waals surface area (Å²) in [6.07, 6.45) is 3.45. The standard InChI is InChI=1S/C19H27N5O2/c1-3-18(25)23-7-5-15(12-23)17-4-6-20-19-16(14(2)21-24(17)19)13-22-8-10-26-11-9-22/h4,6,15H,3,5,7-13H2,1-2H3/t15-/m1/s1. The van der Waals surface area contributed by atoms with E-state index < -0.39 is 0 Å². The van der Waals surface area contributed by atoms with Crippen molar-refractivity contribution in [2.45, 2.75) is 39.2 Å². The van der Waals surface area contributed by atoms with Crippen molar-refractivity contribution in [3.05, 3.63) is 29.2 Å². The van der Waals surface area contributed by atoms with Gasteiger partial charge in [0.2, 0.25) is 5.91 Å². The number of nitrogens with zero attached hydrogens (tertiary/aromatic N) is 5. The van der Waals surface area contributed by atoms with Crippen molar-refractivity contribution >= 4 is 11.6 Å². The first-order valence-corrected chi connectivity index (χ1v) is 9.58. The molecule has 0 radical (unpaired) electrons. The van der Waals surface area contributed by atoms with Crippen LogP contribution >= 0.6 is 0 Å². The number of aromatic nitrogens is 3. The molecule has 2 aromatic heterocycles. The molecule has 0 aliphatic carbocycles. The van der Waals surface area contributed by atoms with Crippen LogP contribution in [0.5, 0.6) is 0 Å². The Bertz CT molecular complexity index is 797. The topological polar surface area (TPSA) is 63.0 Å². The van der Waals surface area contributed by atoms with E-state index in [-0.39, 0.29) is 5.91 Å². The second-order valence-electron chi connectivity index (χ2n) is 7.24. The zero-order valence-corrected chi connectivity index (χ0v) is 15.6. The van der Waals surface area contributed by atoms with Crippen molar-refractivity contribution < 1.29 is 9.53 Å². The van der Waals surface area contributed by atoms with Gasteiger partial charge in [0.05, 0.1) is 24.6 Å². The van der Waals surface area contributed by atoms with Crippen LogP contribution in [0.25, 0.3) is 5.65 Å². The van der Waals surface area contributed by atoms with Crippen LogP contribution in [-0.4, -0.2) is 69.7 Å². The second kappa shape index (κ2) is 7.32.